The fraction of sp³-hybridized carbons (Fsp3) is 0.222. The first kappa shape index (κ1) is 25.2. The van der Waals surface area contributed by atoms with Gasteiger partial charge >= 0.3 is 5.97 Å². The van der Waals surface area contributed by atoms with Gasteiger partial charge in [0.1, 0.15) is 17.1 Å². The van der Waals surface area contributed by atoms with Gasteiger partial charge in [-0.25, -0.2) is 4.79 Å². The van der Waals surface area contributed by atoms with Crippen molar-refractivity contribution >= 4 is 40.0 Å². The van der Waals surface area contributed by atoms with E-state index in [0.29, 0.717) is 44.2 Å². The first-order valence-electron chi connectivity index (χ1n) is 11.6. The van der Waals surface area contributed by atoms with Crippen molar-refractivity contribution in [3.8, 4) is 28.2 Å². The first-order chi connectivity index (χ1) is 17.4. The van der Waals surface area contributed by atoms with Crippen LogP contribution in [0.1, 0.15) is 29.6 Å². The summed E-state index contributed by atoms with van der Waals surface area (Å²) in [4.78, 5) is 24.3. The average Bonchev–Trinajstić information content (AvgIpc) is 2.84. The number of aromatic carboxylic acids is 1. The van der Waals surface area contributed by atoms with Gasteiger partial charge < -0.3 is 30.6 Å². The van der Waals surface area contributed by atoms with Gasteiger partial charge in [-0.2, -0.15) is 0 Å². The molecule has 2 aromatic rings. The van der Waals surface area contributed by atoms with Gasteiger partial charge in [-0.15, -0.1) is 0 Å². The number of phenolic OH excluding ortho intramolecular Hbond substituents is 1. The van der Waals surface area contributed by atoms with Crippen LogP contribution >= 0.6 is 12.2 Å². The van der Waals surface area contributed by atoms with E-state index in [1.54, 1.807) is 24.3 Å². The molecule has 1 heterocycles. The number of carboxylic acid groups (broad SMARTS) is 1. The second-order valence-electron chi connectivity index (χ2n) is 8.43. The van der Waals surface area contributed by atoms with E-state index < -0.39 is 5.97 Å². The molecule has 0 amide bonds. The highest BCUT2D eigenvalue weighted by molar-refractivity contribution is 7.80. The molecular formula is C27H27N3O5S. The van der Waals surface area contributed by atoms with Crippen molar-refractivity contribution in [3.63, 3.8) is 0 Å². The number of aromatic hydroxyl groups is 1. The minimum Gasteiger partial charge on any atom is -0.508 e. The average molecular weight is 506 g/mol. The number of fused-ring (bicyclic) bond motifs is 2. The highest BCUT2D eigenvalue weighted by atomic mass is 32.1. The van der Waals surface area contributed by atoms with E-state index in [1.165, 1.54) is 30.3 Å². The highest BCUT2D eigenvalue weighted by Gasteiger charge is 2.22. The van der Waals surface area contributed by atoms with E-state index in [4.69, 9.17) is 16.6 Å². The van der Waals surface area contributed by atoms with Crippen molar-refractivity contribution < 1.29 is 19.4 Å². The number of unbranched alkanes of at least 4 members (excludes halogenated alkanes) is 2. The summed E-state index contributed by atoms with van der Waals surface area (Å²) in [6, 6.07) is 14.0. The molecule has 1 aliphatic heterocycles. The summed E-state index contributed by atoms with van der Waals surface area (Å²) in [5, 5.41) is 30.4. The SMILES string of the molecule is CNCCCCCNC(=S)Nc1ccc(-c2c3ccc(=O)cc-3oc3cc(O)ccc23)c(C(=O)O)c1. The van der Waals surface area contributed by atoms with Gasteiger partial charge in [0.25, 0.3) is 0 Å². The number of carbonyl (C=O) groups is 1. The van der Waals surface area contributed by atoms with Crippen LogP contribution in [-0.2, 0) is 0 Å². The molecule has 0 bridgehead atoms. The number of thiocarbonyl (C=S) groups is 1. The topological polar surface area (TPSA) is 124 Å². The Morgan fingerprint density at radius 1 is 0.972 bits per heavy atom. The standard InChI is InChI=1S/C27H27N3O5S/c1-28-11-3-2-4-12-29-27(36)30-16-5-8-19(22(13-16)26(33)34)25-20-9-6-17(31)14-23(20)35-24-15-18(32)7-10-21(24)25/h5-10,13-15,28,31H,2-4,11-12H2,1H3,(H,33,34)(H2,29,30,36). The third kappa shape index (κ3) is 5.64. The molecule has 0 saturated heterocycles. The monoisotopic (exact) mass is 505 g/mol. The normalized spacial score (nSPS) is 11.0. The number of hydrogen-bond acceptors (Lipinski definition) is 6. The number of hydrogen-bond donors (Lipinski definition) is 5. The molecule has 2 aliphatic rings. The molecule has 8 nitrogen and oxygen atoms in total. The zero-order valence-electron chi connectivity index (χ0n) is 19.8. The minimum absolute atomic E-state index is 0.00382. The van der Waals surface area contributed by atoms with E-state index in [-0.39, 0.29) is 16.7 Å². The van der Waals surface area contributed by atoms with Crippen molar-refractivity contribution in [1.82, 2.24) is 10.6 Å². The lowest BCUT2D eigenvalue weighted by molar-refractivity contribution is 0.0697. The van der Waals surface area contributed by atoms with Crippen molar-refractivity contribution in [1.29, 1.82) is 0 Å². The minimum atomic E-state index is -1.11. The fourth-order valence-corrected chi connectivity index (χ4v) is 4.37. The van der Waals surface area contributed by atoms with Crippen molar-refractivity contribution in [2.45, 2.75) is 19.3 Å². The van der Waals surface area contributed by atoms with E-state index >= 15 is 0 Å². The number of nitrogens with one attached hydrogen (secondary N) is 3. The summed E-state index contributed by atoms with van der Waals surface area (Å²) in [5.41, 5.74) is 2.33. The van der Waals surface area contributed by atoms with E-state index in [2.05, 4.69) is 16.0 Å². The largest absolute Gasteiger partial charge is 0.508 e. The molecule has 9 heteroatoms. The second kappa shape index (κ2) is 11.2. The predicted molar refractivity (Wildman–Crippen MR) is 145 cm³/mol. The maximum Gasteiger partial charge on any atom is 0.336 e. The summed E-state index contributed by atoms with van der Waals surface area (Å²) >= 11 is 5.38. The Morgan fingerprint density at radius 3 is 2.53 bits per heavy atom. The molecule has 0 radical (unpaired) electrons. The Labute approximate surface area is 213 Å². The van der Waals surface area contributed by atoms with Gasteiger partial charge in [0.05, 0.1) is 5.56 Å². The van der Waals surface area contributed by atoms with Crippen LogP contribution in [0.15, 0.2) is 63.8 Å². The van der Waals surface area contributed by atoms with Crippen molar-refractivity contribution in [2.24, 2.45) is 0 Å². The zero-order chi connectivity index (χ0) is 25.7. The molecule has 36 heavy (non-hydrogen) atoms. The molecular weight excluding hydrogens is 478 g/mol. The van der Waals surface area contributed by atoms with Crippen molar-refractivity contribution in [3.05, 3.63) is 70.4 Å². The van der Waals surface area contributed by atoms with Gasteiger partial charge in [0, 0.05) is 40.9 Å². The molecule has 2 aromatic carbocycles. The lowest BCUT2D eigenvalue weighted by Crippen LogP contribution is -2.29. The number of carboxylic acids is 1. The van der Waals surface area contributed by atoms with Crippen LogP contribution in [0.3, 0.4) is 0 Å². The van der Waals surface area contributed by atoms with Crippen LogP contribution in [0, 0.1) is 0 Å². The summed E-state index contributed by atoms with van der Waals surface area (Å²) in [6.45, 7) is 1.70. The molecule has 0 spiro atoms. The van der Waals surface area contributed by atoms with Crippen LogP contribution in [0.2, 0.25) is 0 Å². The molecule has 1 aliphatic carbocycles. The van der Waals surface area contributed by atoms with Gasteiger partial charge in [-0.1, -0.05) is 12.5 Å². The molecule has 0 fully saturated rings. The molecule has 4 rings (SSSR count). The number of phenols is 1. The van der Waals surface area contributed by atoms with E-state index in [0.717, 1.165) is 32.4 Å². The predicted octanol–water partition coefficient (Wildman–Crippen LogP) is 4.64. The Balaban J connectivity index is 1.68. The number of anilines is 1. The lowest BCUT2D eigenvalue weighted by atomic mass is 9.90. The summed E-state index contributed by atoms with van der Waals surface area (Å²) < 4.78 is 5.87. The van der Waals surface area contributed by atoms with Crippen LogP contribution in [-0.4, -0.2) is 41.4 Å². The third-order valence-electron chi connectivity index (χ3n) is 5.84. The van der Waals surface area contributed by atoms with Gasteiger partial charge in [0.2, 0.25) is 0 Å². The Bertz CT molecular complexity index is 1450. The Kier molecular flexibility index (Phi) is 7.82. The highest BCUT2D eigenvalue weighted by Crippen LogP contribution is 2.42. The van der Waals surface area contributed by atoms with E-state index in [9.17, 15) is 19.8 Å². The third-order valence-corrected chi connectivity index (χ3v) is 6.09. The van der Waals surface area contributed by atoms with Gasteiger partial charge in [0.15, 0.2) is 10.5 Å². The molecule has 5 N–H and O–H groups in total. The zero-order valence-corrected chi connectivity index (χ0v) is 20.6. The fourth-order valence-electron chi connectivity index (χ4n) is 4.15. The van der Waals surface area contributed by atoms with Crippen molar-refractivity contribution in [2.75, 3.05) is 25.5 Å². The maximum atomic E-state index is 12.3. The maximum absolute atomic E-state index is 12.3. The van der Waals surface area contributed by atoms with Gasteiger partial charge in [-0.3, -0.25) is 4.79 Å². The summed E-state index contributed by atoms with van der Waals surface area (Å²) in [5.74, 6) is -0.816. The number of rotatable bonds is 9. The van der Waals surface area contributed by atoms with Crippen LogP contribution in [0.5, 0.6) is 5.75 Å². The van der Waals surface area contributed by atoms with Crippen LogP contribution in [0.4, 0.5) is 5.69 Å². The van der Waals surface area contributed by atoms with Crippen LogP contribution < -0.4 is 21.4 Å². The molecule has 0 atom stereocenters. The second-order valence-corrected chi connectivity index (χ2v) is 8.83. The molecule has 0 aromatic heterocycles. The number of benzene rings is 3. The quantitative estimate of drug-likeness (QED) is 0.126. The molecule has 0 unspecified atom stereocenters. The summed E-state index contributed by atoms with van der Waals surface area (Å²) in [7, 11) is 1.93. The molecule has 0 saturated carbocycles. The Hall–Kier alpha value is -3.95. The molecule has 186 valence electrons. The Morgan fingerprint density at radius 2 is 1.75 bits per heavy atom. The smallest absolute Gasteiger partial charge is 0.336 e. The lowest BCUT2D eigenvalue weighted by Gasteiger charge is -2.18. The van der Waals surface area contributed by atoms with E-state index in [1.807, 2.05) is 7.05 Å². The summed E-state index contributed by atoms with van der Waals surface area (Å²) in [6.07, 6.45) is 3.14. The van der Waals surface area contributed by atoms with Crippen LogP contribution in [0.25, 0.3) is 33.4 Å². The first-order valence-corrected chi connectivity index (χ1v) is 12.0. The van der Waals surface area contributed by atoms with Gasteiger partial charge in [-0.05, 0) is 80.6 Å².